The van der Waals surface area contributed by atoms with E-state index in [0.717, 1.165) is 37.5 Å². The Labute approximate surface area is 146 Å². The number of carbonyl (C=O) groups is 1. The summed E-state index contributed by atoms with van der Waals surface area (Å²) in [5.41, 5.74) is 1.28. The van der Waals surface area contributed by atoms with Crippen LogP contribution in [0, 0.1) is 0 Å². The molecule has 1 aromatic heterocycles. The molecule has 2 heterocycles. The highest BCUT2D eigenvalue weighted by Crippen LogP contribution is 2.17. The lowest BCUT2D eigenvalue weighted by molar-refractivity contribution is 0.249. The molecule has 24 heavy (non-hydrogen) atoms. The highest BCUT2D eigenvalue weighted by Gasteiger charge is 2.12. The van der Waals surface area contributed by atoms with Crippen molar-refractivity contribution in [2.24, 2.45) is 0 Å². The molecule has 0 unspecified atom stereocenters. The number of rotatable bonds is 7. The molecule has 1 fully saturated rings. The second-order valence-corrected chi connectivity index (χ2v) is 6.98. The maximum absolute atomic E-state index is 11.9. The molecule has 0 atom stereocenters. The van der Waals surface area contributed by atoms with Crippen molar-refractivity contribution in [1.82, 2.24) is 20.4 Å². The Bertz CT molecular complexity index is 639. The smallest absolute Gasteiger partial charge is 0.321 e. The van der Waals surface area contributed by atoms with E-state index in [9.17, 15) is 4.79 Å². The normalized spacial score (nSPS) is 14.7. The summed E-state index contributed by atoms with van der Waals surface area (Å²) in [6, 6.07) is 10.1. The number of hydrogen-bond acceptors (Lipinski definition) is 5. The van der Waals surface area contributed by atoms with Crippen molar-refractivity contribution < 1.29 is 4.79 Å². The van der Waals surface area contributed by atoms with E-state index in [1.807, 2.05) is 18.2 Å². The average Bonchev–Trinajstić information content (AvgIpc) is 3.26. The third-order valence-corrected chi connectivity index (χ3v) is 4.97. The van der Waals surface area contributed by atoms with Gasteiger partial charge in [0.15, 0.2) is 0 Å². The van der Waals surface area contributed by atoms with Gasteiger partial charge in [0.2, 0.25) is 5.13 Å². The topological polar surface area (TPSA) is 70.2 Å². The van der Waals surface area contributed by atoms with Gasteiger partial charge in [-0.15, -0.1) is 10.2 Å². The van der Waals surface area contributed by atoms with Crippen molar-refractivity contribution >= 4 is 22.5 Å². The quantitative estimate of drug-likeness (QED) is 0.809. The second kappa shape index (κ2) is 8.75. The predicted octanol–water partition coefficient (Wildman–Crippen LogP) is 2.54. The lowest BCUT2D eigenvalue weighted by Crippen LogP contribution is -2.35. The van der Waals surface area contributed by atoms with E-state index in [2.05, 4.69) is 37.9 Å². The number of anilines is 1. The molecule has 1 aliphatic heterocycles. The average molecular weight is 345 g/mol. The van der Waals surface area contributed by atoms with Gasteiger partial charge in [-0.3, -0.25) is 5.32 Å². The van der Waals surface area contributed by atoms with Crippen molar-refractivity contribution in [3.05, 3.63) is 40.9 Å². The number of aromatic nitrogens is 2. The van der Waals surface area contributed by atoms with E-state index >= 15 is 0 Å². The van der Waals surface area contributed by atoms with E-state index in [-0.39, 0.29) is 6.03 Å². The largest absolute Gasteiger partial charge is 0.337 e. The number of hydrogen-bond donors (Lipinski definition) is 2. The van der Waals surface area contributed by atoms with Crippen molar-refractivity contribution in [3.63, 3.8) is 0 Å². The Balaban J connectivity index is 1.37. The Kier molecular flexibility index (Phi) is 6.14. The zero-order valence-electron chi connectivity index (χ0n) is 13.7. The van der Waals surface area contributed by atoms with Crippen LogP contribution in [-0.4, -0.2) is 47.3 Å². The Hall–Kier alpha value is -1.99. The van der Waals surface area contributed by atoms with Gasteiger partial charge in [-0.25, -0.2) is 4.79 Å². The number of amides is 2. The highest BCUT2D eigenvalue weighted by molar-refractivity contribution is 7.15. The molecule has 0 radical (unpaired) electrons. The molecule has 6 nitrogen and oxygen atoms in total. The number of aryl methyl sites for hydroxylation is 2. The number of benzene rings is 1. The Morgan fingerprint density at radius 1 is 1.12 bits per heavy atom. The SMILES string of the molecule is O=C(NCCN1CCCC1)Nc1nnc(CCc2ccccc2)s1. The van der Waals surface area contributed by atoms with Crippen molar-refractivity contribution in [2.45, 2.75) is 25.7 Å². The van der Waals surface area contributed by atoms with Crippen LogP contribution < -0.4 is 10.6 Å². The third kappa shape index (κ3) is 5.28. The summed E-state index contributed by atoms with van der Waals surface area (Å²) in [7, 11) is 0. The van der Waals surface area contributed by atoms with Crippen molar-refractivity contribution in [2.75, 3.05) is 31.5 Å². The summed E-state index contributed by atoms with van der Waals surface area (Å²) < 4.78 is 0. The van der Waals surface area contributed by atoms with Crippen LogP contribution in [-0.2, 0) is 12.8 Å². The zero-order valence-corrected chi connectivity index (χ0v) is 14.5. The first kappa shape index (κ1) is 16.9. The molecule has 128 valence electrons. The van der Waals surface area contributed by atoms with Gasteiger partial charge in [0.25, 0.3) is 0 Å². The van der Waals surface area contributed by atoms with Gasteiger partial charge in [-0.1, -0.05) is 41.7 Å². The second-order valence-electron chi connectivity index (χ2n) is 5.92. The predicted molar refractivity (Wildman–Crippen MR) is 96.5 cm³/mol. The van der Waals surface area contributed by atoms with Gasteiger partial charge < -0.3 is 10.2 Å². The fourth-order valence-corrected chi connectivity index (χ4v) is 3.51. The monoisotopic (exact) mass is 345 g/mol. The lowest BCUT2D eigenvalue weighted by Gasteiger charge is -2.14. The molecule has 0 saturated carbocycles. The van der Waals surface area contributed by atoms with Crippen LogP contribution >= 0.6 is 11.3 Å². The van der Waals surface area contributed by atoms with Gasteiger partial charge in [-0.2, -0.15) is 0 Å². The molecule has 1 aliphatic rings. The summed E-state index contributed by atoms with van der Waals surface area (Å²) in [6.07, 6.45) is 4.29. The molecular formula is C17H23N5OS. The fraction of sp³-hybridized carbons (Fsp3) is 0.471. The number of likely N-dealkylation sites (tertiary alicyclic amines) is 1. The van der Waals surface area contributed by atoms with Crippen LogP contribution in [0.4, 0.5) is 9.93 Å². The van der Waals surface area contributed by atoms with E-state index in [0.29, 0.717) is 11.7 Å². The van der Waals surface area contributed by atoms with Crippen LogP contribution in [0.3, 0.4) is 0 Å². The summed E-state index contributed by atoms with van der Waals surface area (Å²) in [5.74, 6) is 0. The maximum Gasteiger partial charge on any atom is 0.321 e. The molecule has 2 amide bonds. The number of carbonyl (C=O) groups excluding carboxylic acids is 1. The molecule has 0 bridgehead atoms. The minimum Gasteiger partial charge on any atom is -0.337 e. The first-order chi connectivity index (χ1) is 11.8. The Morgan fingerprint density at radius 2 is 1.92 bits per heavy atom. The van der Waals surface area contributed by atoms with Crippen molar-refractivity contribution in [1.29, 1.82) is 0 Å². The van der Waals surface area contributed by atoms with Crippen molar-refractivity contribution in [3.8, 4) is 0 Å². The summed E-state index contributed by atoms with van der Waals surface area (Å²) in [5, 5.41) is 15.3. The molecule has 0 aliphatic carbocycles. The minimum atomic E-state index is -0.208. The molecule has 0 spiro atoms. The van der Waals surface area contributed by atoms with Crippen LogP contribution in [0.25, 0.3) is 0 Å². The molecular weight excluding hydrogens is 322 g/mol. The maximum atomic E-state index is 11.9. The summed E-state index contributed by atoms with van der Waals surface area (Å²) >= 11 is 1.43. The van der Waals surface area contributed by atoms with E-state index in [1.165, 1.54) is 29.7 Å². The van der Waals surface area contributed by atoms with Crippen LogP contribution in [0.15, 0.2) is 30.3 Å². The summed E-state index contributed by atoms with van der Waals surface area (Å²) in [4.78, 5) is 14.2. The minimum absolute atomic E-state index is 0.208. The first-order valence-electron chi connectivity index (χ1n) is 8.43. The van der Waals surface area contributed by atoms with Gasteiger partial charge in [0.05, 0.1) is 0 Å². The number of nitrogens with zero attached hydrogens (tertiary/aromatic N) is 3. The van der Waals surface area contributed by atoms with Gasteiger partial charge in [0.1, 0.15) is 5.01 Å². The molecule has 1 saturated heterocycles. The molecule has 2 aromatic rings. The first-order valence-corrected chi connectivity index (χ1v) is 9.25. The van der Waals surface area contributed by atoms with E-state index in [1.54, 1.807) is 0 Å². The van der Waals surface area contributed by atoms with Crippen LogP contribution in [0.5, 0.6) is 0 Å². The fourth-order valence-electron chi connectivity index (χ4n) is 2.78. The highest BCUT2D eigenvalue weighted by atomic mass is 32.1. The van der Waals surface area contributed by atoms with Gasteiger partial charge in [-0.05, 0) is 37.9 Å². The number of urea groups is 1. The molecule has 7 heteroatoms. The van der Waals surface area contributed by atoms with Crippen LogP contribution in [0.2, 0.25) is 0 Å². The standard InChI is InChI=1S/C17H23N5OS/c23-16(18-10-13-22-11-4-5-12-22)19-17-21-20-15(24-17)9-8-14-6-2-1-3-7-14/h1-3,6-7H,4-5,8-13H2,(H2,18,19,21,23). The van der Waals surface area contributed by atoms with E-state index in [4.69, 9.17) is 0 Å². The molecule has 2 N–H and O–H groups in total. The van der Waals surface area contributed by atoms with Gasteiger partial charge >= 0.3 is 6.03 Å². The van der Waals surface area contributed by atoms with Gasteiger partial charge in [0, 0.05) is 19.5 Å². The molecule has 3 rings (SSSR count). The lowest BCUT2D eigenvalue weighted by atomic mass is 10.1. The van der Waals surface area contributed by atoms with Crippen LogP contribution in [0.1, 0.15) is 23.4 Å². The molecule has 1 aromatic carbocycles. The third-order valence-electron chi connectivity index (χ3n) is 4.07. The number of nitrogens with one attached hydrogen (secondary N) is 2. The zero-order chi connectivity index (χ0) is 16.6. The van der Waals surface area contributed by atoms with E-state index < -0.39 is 0 Å². The Morgan fingerprint density at radius 3 is 2.71 bits per heavy atom. The summed E-state index contributed by atoms with van der Waals surface area (Å²) in [6.45, 7) is 3.85.